The maximum Gasteiger partial charge on any atom is 0.179 e. The van der Waals surface area contributed by atoms with E-state index in [-0.39, 0.29) is 11.8 Å². The van der Waals surface area contributed by atoms with Crippen LogP contribution in [0.15, 0.2) is 42.7 Å². The lowest BCUT2D eigenvalue weighted by Gasteiger charge is -2.13. The molecule has 0 saturated carbocycles. The molecule has 3 rings (SSSR count). The number of rotatable bonds is 5. The lowest BCUT2D eigenvalue weighted by Crippen LogP contribution is -2.33. The Morgan fingerprint density at radius 2 is 2.14 bits per heavy atom. The molecule has 0 saturated heterocycles. The van der Waals surface area contributed by atoms with Crippen LogP contribution < -0.4 is 10.6 Å². The van der Waals surface area contributed by atoms with Crippen molar-refractivity contribution in [1.82, 2.24) is 10.3 Å². The number of fused-ring (bicyclic) bond motifs is 1. The zero-order valence-electron chi connectivity index (χ0n) is 13.0. The molecule has 0 fully saturated rings. The minimum atomic E-state index is -0.210. The van der Waals surface area contributed by atoms with Gasteiger partial charge in [-0.25, -0.2) is 0 Å². The van der Waals surface area contributed by atoms with Crippen LogP contribution in [0.3, 0.4) is 0 Å². The van der Waals surface area contributed by atoms with E-state index >= 15 is 0 Å². The summed E-state index contributed by atoms with van der Waals surface area (Å²) >= 11 is 0. The fraction of sp³-hybridized carbons (Fsp3) is 0.333. The van der Waals surface area contributed by atoms with Crippen LogP contribution in [0.25, 0.3) is 0 Å². The number of hydrogen-bond acceptors (Lipinski definition) is 4. The van der Waals surface area contributed by atoms with Crippen LogP contribution in [0.1, 0.15) is 35.3 Å². The Hall–Kier alpha value is -2.20. The summed E-state index contributed by atoms with van der Waals surface area (Å²) in [6, 6.07) is 10.1. The average Bonchev–Trinajstić information content (AvgIpc) is 2.92. The highest BCUT2D eigenvalue weighted by Crippen LogP contribution is 2.26. The number of anilines is 1. The van der Waals surface area contributed by atoms with E-state index < -0.39 is 0 Å². The first-order valence-electron chi connectivity index (χ1n) is 7.69. The number of hydrogen-bond donors (Lipinski definition) is 2. The Kier molecular flexibility index (Phi) is 4.20. The predicted molar refractivity (Wildman–Crippen MR) is 88.1 cm³/mol. The number of Topliss-reactive ketones (excluding diaryl/α,β-unsaturated/α-hetero) is 1. The Bertz CT molecular complexity index is 669. The summed E-state index contributed by atoms with van der Waals surface area (Å²) in [4.78, 5) is 16.5. The molecule has 2 aromatic rings. The van der Waals surface area contributed by atoms with Gasteiger partial charge in [-0.15, -0.1) is 0 Å². The fourth-order valence-electron chi connectivity index (χ4n) is 2.82. The second-order valence-electron chi connectivity index (χ2n) is 5.94. The molecule has 2 N–H and O–H groups in total. The zero-order valence-corrected chi connectivity index (χ0v) is 13.0. The smallest absolute Gasteiger partial charge is 0.179 e. The molecule has 0 spiro atoms. The number of nitrogens with zero attached hydrogens (tertiary/aromatic N) is 1. The molecule has 114 valence electrons. The van der Waals surface area contributed by atoms with E-state index in [1.54, 1.807) is 12.4 Å². The molecule has 1 aliphatic rings. The second-order valence-corrected chi connectivity index (χ2v) is 5.94. The van der Waals surface area contributed by atoms with E-state index in [1.165, 1.54) is 5.56 Å². The number of carbonyl (C=O) groups excluding carboxylic acids is 1. The van der Waals surface area contributed by atoms with Gasteiger partial charge < -0.3 is 10.6 Å². The summed E-state index contributed by atoms with van der Waals surface area (Å²) < 4.78 is 0. The Morgan fingerprint density at radius 1 is 1.36 bits per heavy atom. The Morgan fingerprint density at radius 3 is 2.91 bits per heavy atom. The summed E-state index contributed by atoms with van der Waals surface area (Å²) in [6.45, 7) is 4.73. The first-order valence-corrected chi connectivity index (χ1v) is 7.69. The highest BCUT2D eigenvalue weighted by atomic mass is 16.1. The molecule has 1 aromatic heterocycles. The van der Waals surface area contributed by atoms with Gasteiger partial charge in [0.15, 0.2) is 5.78 Å². The molecule has 1 aliphatic heterocycles. The third-order valence-corrected chi connectivity index (χ3v) is 4.07. The molecule has 2 heterocycles. The normalized spacial score (nSPS) is 17.6. The van der Waals surface area contributed by atoms with Crippen molar-refractivity contribution in [3.63, 3.8) is 0 Å². The minimum Gasteiger partial charge on any atom is -0.382 e. The second kappa shape index (κ2) is 6.28. The van der Waals surface area contributed by atoms with Crippen LogP contribution in [0.4, 0.5) is 5.69 Å². The van der Waals surface area contributed by atoms with E-state index in [1.807, 2.05) is 37.3 Å². The minimum absolute atomic E-state index is 0.136. The summed E-state index contributed by atoms with van der Waals surface area (Å²) in [7, 11) is 0. The Labute approximate surface area is 131 Å². The van der Waals surface area contributed by atoms with Crippen molar-refractivity contribution >= 4 is 11.5 Å². The van der Waals surface area contributed by atoms with Gasteiger partial charge in [-0.1, -0.05) is 0 Å². The molecule has 22 heavy (non-hydrogen) atoms. The van der Waals surface area contributed by atoms with Crippen molar-refractivity contribution in [3.05, 3.63) is 59.4 Å². The van der Waals surface area contributed by atoms with Crippen molar-refractivity contribution in [2.45, 2.75) is 38.9 Å². The third-order valence-electron chi connectivity index (χ3n) is 4.07. The molecular weight excluding hydrogens is 274 g/mol. The molecule has 0 amide bonds. The summed E-state index contributed by atoms with van der Waals surface area (Å²) in [5, 5.41) is 6.69. The van der Waals surface area contributed by atoms with Gasteiger partial charge in [0.2, 0.25) is 0 Å². The molecule has 4 heteroatoms. The quantitative estimate of drug-likeness (QED) is 0.833. The topological polar surface area (TPSA) is 54.0 Å². The first kappa shape index (κ1) is 14.7. The van der Waals surface area contributed by atoms with Crippen molar-refractivity contribution in [1.29, 1.82) is 0 Å². The van der Waals surface area contributed by atoms with Gasteiger partial charge in [0, 0.05) is 36.2 Å². The first-order chi connectivity index (χ1) is 10.6. The standard InChI is InChI=1S/C18H21N3O/c1-12-9-16-10-15(3-4-17(16)21-12)18(22)13(2)20-11-14-5-7-19-8-6-14/h3-8,10,12-13,20-21H,9,11H2,1-2H3. The van der Waals surface area contributed by atoms with Gasteiger partial charge in [0.1, 0.15) is 0 Å². The number of benzene rings is 1. The van der Waals surface area contributed by atoms with Gasteiger partial charge in [0.25, 0.3) is 0 Å². The lowest BCUT2D eigenvalue weighted by molar-refractivity contribution is 0.0950. The van der Waals surface area contributed by atoms with Crippen molar-refractivity contribution in [2.24, 2.45) is 0 Å². The maximum atomic E-state index is 12.6. The summed E-state index contributed by atoms with van der Waals surface area (Å²) in [5.74, 6) is 0.136. The number of nitrogens with one attached hydrogen (secondary N) is 2. The Balaban J connectivity index is 1.65. The van der Waals surface area contributed by atoms with Crippen LogP contribution in [0.2, 0.25) is 0 Å². The fourth-order valence-corrected chi connectivity index (χ4v) is 2.82. The highest BCUT2D eigenvalue weighted by Gasteiger charge is 2.20. The predicted octanol–water partition coefficient (Wildman–Crippen LogP) is 2.80. The number of pyridine rings is 1. The average molecular weight is 295 g/mol. The molecule has 4 nitrogen and oxygen atoms in total. The van der Waals surface area contributed by atoms with Gasteiger partial charge in [-0.05, 0) is 61.7 Å². The molecular formula is C18H21N3O. The van der Waals surface area contributed by atoms with Crippen molar-refractivity contribution < 1.29 is 4.79 Å². The SMILES string of the molecule is CC1Cc2cc(C(=O)C(C)NCc3ccncc3)ccc2N1. The van der Waals surface area contributed by atoms with Crippen LogP contribution in [-0.2, 0) is 13.0 Å². The maximum absolute atomic E-state index is 12.6. The van der Waals surface area contributed by atoms with E-state index in [0.717, 1.165) is 23.2 Å². The summed E-state index contributed by atoms with van der Waals surface area (Å²) in [5.41, 5.74) is 4.30. The number of aromatic nitrogens is 1. The highest BCUT2D eigenvalue weighted by molar-refractivity contribution is 6.00. The van der Waals surface area contributed by atoms with Gasteiger partial charge in [0.05, 0.1) is 6.04 Å². The van der Waals surface area contributed by atoms with E-state index in [9.17, 15) is 4.79 Å². The van der Waals surface area contributed by atoms with Crippen molar-refractivity contribution in [2.75, 3.05) is 5.32 Å². The van der Waals surface area contributed by atoms with E-state index in [0.29, 0.717) is 12.6 Å². The van der Waals surface area contributed by atoms with E-state index in [4.69, 9.17) is 0 Å². The van der Waals surface area contributed by atoms with Gasteiger partial charge in [-0.2, -0.15) is 0 Å². The molecule has 0 aliphatic carbocycles. The molecule has 2 unspecified atom stereocenters. The largest absolute Gasteiger partial charge is 0.382 e. The van der Waals surface area contributed by atoms with E-state index in [2.05, 4.69) is 22.5 Å². The van der Waals surface area contributed by atoms with Crippen molar-refractivity contribution in [3.8, 4) is 0 Å². The van der Waals surface area contributed by atoms with Crippen LogP contribution in [0, 0.1) is 0 Å². The number of ketones is 1. The zero-order chi connectivity index (χ0) is 15.5. The lowest BCUT2D eigenvalue weighted by atomic mass is 10.0. The molecule has 2 atom stereocenters. The monoisotopic (exact) mass is 295 g/mol. The molecule has 1 aromatic carbocycles. The summed E-state index contributed by atoms with van der Waals surface area (Å²) in [6.07, 6.45) is 4.51. The molecule has 0 radical (unpaired) electrons. The number of carbonyl (C=O) groups is 1. The molecule has 0 bridgehead atoms. The third kappa shape index (κ3) is 3.17. The van der Waals surface area contributed by atoms with Gasteiger partial charge >= 0.3 is 0 Å². The van der Waals surface area contributed by atoms with Crippen LogP contribution >= 0.6 is 0 Å². The van der Waals surface area contributed by atoms with Crippen LogP contribution in [0.5, 0.6) is 0 Å². The van der Waals surface area contributed by atoms with Gasteiger partial charge in [-0.3, -0.25) is 9.78 Å². The van der Waals surface area contributed by atoms with Crippen LogP contribution in [-0.4, -0.2) is 22.9 Å².